The molecule has 21 heavy (non-hydrogen) atoms. The molecule has 1 heterocycles. The van der Waals surface area contributed by atoms with E-state index < -0.39 is 11.9 Å². The largest absolute Gasteiger partial charge is 0.478 e. The minimum Gasteiger partial charge on any atom is -0.478 e. The van der Waals surface area contributed by atoms with Gasteiger partial charge in [-0.05, 0) is 20.8 Å². The number of hydrogen-bond acceptors (Lipinski definition) is 6. The molecule has 1 rings (SSSR count). The number of carbonyl (C=O) groups excluding carboxylic acids is 1. The van der Waals surface area contributed by atoms with Gasteiger partial charge in [-0.2, -0.15) is 0 Å². The first-order valence-corrected chi connectivity index (χ1v) is 7.65. The van der Waals surface area contributed by atoms with Gasteiger partial charge in [0.25, 0.3) is 0 Å². The molecule has 0 aliphatic rings. The number of thioether (sulfide) groups is 1. The fourth-order valence-corrected chi connectivity index (χ4v) is 2.46. The molecule has 0 spiro atoms. The Labute approximate surface area is 128 Å². The van der Waals surface area contributed by atoms with E-state index in [0.29, 0.717) is 16.5 Å². The molecular formula is C14H20N2O4S. The van der Waals surface area contributed by atoms with Gasteiger partial charge in [-0.15, -0.1) is 0 Å². The minimum absolute atomic E-state index is 0.0203. The minimum atomic E-state index is -1.09. The van der Waals surface area contributed by atoms with Crippen molar-refractivity contribution in [1.29, 1.82) is 0 Å². The Morgan fingerprint density at radius 2 is 1.86 bits per heavy atom. The highest BCUT2D eigenvalue weighted by Gasteiger charge is 2.20. The van der Waals surface area contributed by atoms with Gasteiger partial charge in [-0.1, -0.05) is 25.6 Å². The first kappa shape index (κ1) is 17.4. The van der Waals surface area contributed by atoms with E-state index in [1.807, 2.05) is 13.8 Å². The number of nitrogens with zero attached hydrogens (tertiary/aromatic N) is 2. The Morgan fingerprint density at radius 3 is 2.33 bits per heavy atom. The number of ether oxygens (including phenoxy) is 1. The lowest BCUT2D eigenvalue weighted by Crippen LogP contribution is -2.15. The van der Waals surface area contributed by atoms with E-state index in [2.05, 4.69) is 9.97 Å². The maximum atomic E-state index is 11.6. The predicted octanol–water partition coefficient (Wildman–Crippen LogP) is 2.65. The summed E-state index contributed by atoms with van der Waals surface area (Å²) in [5.74, 6) is -0.825. The van der Waals surface area contributed by atoms with Gasteiger partial charge in [-0.25, -0.2) is 14.8 Å². The molecule has 0 aliphatic carbocycles. The van der Waals surface area contributed by atoms with Crippen molar-refractivity contribution in [2.24, 2.45) is 0 Å². The zero-order valence-electron chi connectivity index (χ0n) is 12.8. The molecule has 0 radical (unpaired) electrons. The maximum Gasteiger partial charge on any atom is 0.340 e. The molecule has 0 amide bonds. The van der Waals surface area contributed by atoms with E-state index >= 15 is 0 Å². The topological polar surface area (TPSA) is 89.4 Å². The van der Waals surface area contributed by atoms with E-state index in [1.54, 1.807) is 20.8 Å². The smallest absolute Gasteiger partial charge is 0.340 e. The number of aromatic carboxylic acids is 1. The normalized spacial score (nSPS) is 11.0. The fraction of sp³-hybridized carbons (Fsp3) is 0.571. The van der Waals surface area contributed by atoms with Crippen molar-refractivity contribution in [2.75, 3.05) is 5.75 Å². The highest BCUT2D eigenvalue weighted by Crippen LogP contribution is 2.25. The molecule has 7 heteroatoms. The Balaban J connectivity index is 3.02. The highest BCUT2D eigenvalue weighted by atomic mass is 32.2. The van der Waals surface area contributed by atoms with Gasteiger partial charge in [0, 0.05) is 5.92 Å². The average Bonchev–Trinajstić information content (AvgIpc) is 2.34. The van der Waals surface area contributed by atoms with Crippen LogP contribution in [0.4, 0.5) is 0 Å². The summed E-state index contributed by atoms with van der Waals surface area (Å²) in [6, 6.07) is 0. The van der Waals surface area contributed by atoms with Crippen LogP contribution in [0.2, 0.25) is 0 Å². The van der Waals surface area contributed by atoms with Crippen molar-refractivity contribution in [2.45, 2.75) is 51.7 Å². The lowest BCUT2D eigenvalue weighted by atomic mass is 10.2. The van der Waals surface area contributed by atoms with Crippen molar-refractivity contribution >= 4 is 23.7 Å². The Hall–Kier alpha value is -1.63. The van der Waals surface area contributed by atoms with Crippen molar-refractivity contribution in [3.05, 3.63) is 17.1 Å². The highest BCUT2D eigenvalue weighted by molar-refractivity contribution is 8.00. The molecule has 0 unspecified atom stereocenters. The third-order valence-electron chi connectivity index (χ3n) is 2.50. The summed E-state index contributed by atoms with van der Waals surface area (Å²) in [6.07, 6.45) is -0.199. The molecule has 1 aromatic rings. The van der Waals surface area contributed by atoms with E-state index in [1.165, 1.54) is 0 Å². The lowest BCUT2D eigenvalue weighted by Gasteiger charge is -2.12. The van der Waals surface area contributed by atoms with Crippen molar-refractivity contribution in [3.63, 3.8) is 0 Å². The third kappa shape index (κ3) is 5.00. The molecule has 1 aromatic heterocycles. The number of carboxylic acid groups (broad SMARTS) is 1. The first-order chi connectivity index (χ1) is 9.72. The number of hydrogen-bond donors (Lipinski definition) is 1. The van der Waals surface area contributed by atoms with Crippen LogP contribution in [-0.2, 0) is 9.53 Å². The summed E-state index contributed by atoms with van der Waals surface area (Å²) in [4.78, 5) is 31.4. The first-order valence-electron chi connectivity index (χ1n) is 6.66. The van der Waals surface area contributed by atoms with E-state index in [-0.39, 0.29) is 23.3 Å². The molecule has 0 bridgehead atoms. The van der Waals surface area contributed by atoms with Crippen molar-refractivity contribution in [3.8, 4) is 0 Å². The van der Waals surface area contributed by atoms with Crippen LogP contribution in [0.3, 0.4) is 0 Å². The SMILES string of the molecule is Cc1nc(C(C)C)nc(SCC(=O)OC(C)C)c1C(=O)O. The molecular weight excluding hydrogens is 292 g/mol. The van der Waals surface area contributed by atoms with Crippen LogP contribution in [0.15, 0.2) is 5.03 Å². The zero-order valence-corrected chi connectivity index (χ0v) is 13.7. The number of aromatic nitrogens is 2. The van der Waals surface area contributed by atoms with Crippen LogP contribution in [-0.4, -0.2) is 38.9 Å². The Bertz CT molecular complexity index is 544. The number of carbonyl (C=O) groups is 2. The number of carboxylic acids is 1. The average molecular weight is 312 g/mol. The Kier molecular flexibility index (Phi) is 6.14. The zero-order chi connectivity index (χ0) is 16.2. The number of aryl methyl sites for hydroxylation is 1. The van der Waals surface area contributed by atoms with Gasteiger partial charge in [0.05, 0.1) is 17.6 Å². The third-order valence-corrected chi connectivity index (χ3v) is 3.45. The van der Waals surface area contributed by atoms with Crippen LogP contribution >= 0.6 is 11.8 Å². The molecule has 0 saturated heterocycles. The molecule has 0 saturated carbocycles. The second-order valence-corrected chi connectivity index (χ2v) is 6.10. The van der Waals surface area contributed by atoms with Crippen molar-refractivity contribution in [1.82, 2.24) is 9.97 Å². The van der Waals surface area contributed by atoms with Crippen LogP contribution in [0, 0.1) is 6.92 Å². The lowest BCUT2D eigenvalue weighted by molar-refractivity contribution is -0.144. The van der Waals surface area contributed by atoms with E-state index in [0.717, 1.165) is 11.8 Å². The van der Waals surface area contributed by atoms with Gasteiger partial charge < -0.3 is 9.84 Å². The molecule has 0 aromatic carbocycles. The van der Waals surface area contributed by atoms with Gasteiger partial charge in [-0.3, -0.25) is 4.79 Å². The molecule has 116 valence electrons. The van der Waals surface area contributed by atoms with Crippen molar-refractivity contribution < 1.29 is 19.4 Å². The monoisotopic (exact) mass is 312 g/mol. The van der Waals surface area contributed by atoms with Crippen LogP contribution in [0.25, 0.3) is 0 Å². The van der Waals surface area contributed by atoms with Crippen LogP contribution in [0.5, 0.6) is 0 Å². The molecule has 0 fully saturated rings. The molecule has 6 nitrogen and oxygen atoms in total. The second-order valence-electron chi connectivity index (χ2n) is 5.13. The van der Waals surface area contributed by atoms with E-state index in [4.69, 9.17) is 4.74 Å². The summed E-state index contributed by atoms with van der Waals surface area (Å²) < 4.78 is 5.03. The van der Waals surface area contributed by atoms with Gasteiger partial charge in [0.1, 0.15) is 16.4 Å². The Morgan fingerprint density at radius 1 is 1.24 bits per heavy atom. The standard InChI is InChI=1S/C14H20N2O4S/c1-7(2)12-15-9(5)11(14(18)19)13(16-12)21-6-10(17)20-8(3)4/h7-8H,6H2,1-5H3,(H,18,19). The van der Waals surface area contributed by atoms with Crippen LogP contribution in [0.1, 0.15) is 55.5 Å². The quantitative estimate of drug-likeness (QED) is 0.490. The summed E-state index contributed by atoms with van der Waals surface area (Å²) >= 11 is 1.06. The number of esters is 1. The summed E-state index contributed by atoms with van der Waals surface area (Å²) in [6.45, 7) is 9.01. The van der Waals surface area contributed by atoms with Gasteiger partial charge in [0.2, 0.25) is 0 Å². The van der Waals surface area contributed by atoms with Crippen LogP contribution < -0.4 is 0 Å². The van der Waals surface area contributed by atoms with E-state index in [9.17, 15) is 14.7 Å². The summed E-state index contributed by atoms with van der Waals surface area (Å²) in [5.41, 5.74) is 0.447. The molecule has 1 N–H and O–H groups in total. The number of rotatable bonds is 6. The fourth-order valence-electron chi connectivity index (χ4n) is 1.60. The van der Waals surface area contributed by atoms with Gasteiger partial charge >= 0.3 is 11.9 Å². The maximum absolute atomic E-state index is 11.6. The summed E-state index contributed by atoms with van der Waals surface area (Å²) in [5, 5.41) is 9.58. The summed E-state index contributed by atoms with van der Waals surface area (Å²) in [7, 11) is 0. The molecule has 0 atom stereocenters. The second kappa shape index (κ2) is 7.40. The molecule has 0 aliphatic heterocycles. The van der Waals surface area contributed by atoms with Gasteiger partial charge in [0.15, 0.2) is 0 Å². The predicted molar refractivity (Wildman–Crippen MR) is 79.8 cm³/mol.